The van der Waals surface area contributed by atoms with Crippen LogP contribution >= 0.6 is 0 Å². The van der Waals surface area contributed by atoms with E-state index in [0.29, 0.717) is 12.4 Å². The molecule has 0 atom stereocenters. The van der Waals surface area contributed by atoms with Crippen molar-refractivity contribution in [3.8, 4) is 11.5 Å². The molecule has 0 spiro atoms. The van der Waals surface area contributed by atoms with Gasteiger partial charge in [-0.2, -0.15) is 0 Å². The fourth-order valence-corrected chi connectivity index (χ4v) is 2.24. The van der Waals surface area contributed by atoms with Crippen molar-refractivity contribution < 1.29 is 19.4 Å². The zero-order valence-electron chi connectivity index (χ0n) is 14.2. The summed E-state index contributed by atoms with van der Waals surface area (Å²) in [6, 6.07) is 4.90. The molecule has 0 heterocycles. The Balaban J connectivity index is 2.21. The number of carbonyl (C=O) groups is 1. The molecule has 23 heavy (non-hydrogen) atoms. The Morgan fingerprint density at radius 3 is 2.52 bits per heavy atom. The van der Waals surface area contributed by atoms with Crippen LogP contribution in [0.4, 0.5) is 0 Å². The molecule has 0 amide bonds. The number of ether oxygens (including phenoxy) is 2. The van der Waals surface area contributed by atoms with Gasteiger partial charge in [-0.1, -0.05) is 51.5 Å². The molecule has 1 N–H and O–H groups in total. The van der Waals surface area contributed by atoms with Gasteiger partial charge < -0.3 is 14.6 Å². The van der Waals surface area contributed by atoms with Crippen molar-refractivity contribution >= 4 is 12.0 Å². The second-order valence-electron chi connectivity index (χ2n) is 5.55. The summed E-state index contributed by atoms with van der Waals surface area (Å²) in [4.78, 5) is 11.6. The van der Waals surface area contributed by atoms with E-state index in [4.69, 9.17) is 9.47 Å². The molecular formula is C19H28O4. The van der Waals surface area contributed by atoms with Crippen LogP contribution in [0.5, 0.6) is 11.5 Å². The number of phenolic OH excluding ortho intramolecular Hbond substituents is 1. The van der Waals surface area contributed by atoms with Crippen molar-refractivity contribution in [3.05, 3.63) is 29.8 Å². The second kappa shape index (κ2) is 11.6. The Morgan fingerprint density at radius 2 is 1.83 bits per heavy atom. The summed E-state index contributed by atoms with van der Waals surface area (Å²) >= 11 is 0. The van der Waals surface area contributed by atoms with Gasteiger partial charge in [0.15, 0.2) is 11.5 Å². The Hall–Kier alpha value is -1.97. The summed E-state index contributed by atoms with van der Waals surface area (Å²) in [6.07, 6.45) is 11.4. The minimum absolute atomic E-state index is 0.0752. The van der Waals surface area contributed by atoms with Gasteiger partial charge in [0.05, 0.1) is 13.7 Å². The number of rotatable bonds is 11. The average Bonchev–Trinajstić information content (AvgIpc) is 2.56. The smallest absolute Gasteiger partial charge is 0.330 e. The number of methoxy groups -OCH3 is 1. The van der Waals surface area contributed by atoms with E-state index in [1.54, 1.807) is 18.2 Å². The van der Waals surface area contributed by atoms with E-state index in [-0.39, 0.29) is 11.7 Å². The van der Waals surface area contributed by atoms with Crippen LogP contribution in [0.2, 0.25) is 0 Å². The zero-order valence-corrected chi connectivity index (χ0v) is 14.2. The van der Waals surface area contributed by atoms with E-state index < -0.39 is 0 Å². The molecule has 1 rings (SSSR count). The van der Waals surface area contributed by atoms with E-state index in [2.05, 4.69) is 6.92 Å². The van der Waals surface area contributed by atoms with Crippen LogP contribution in [-0.4, -0.2) is 24.8 Å². The van der Waals surface area contributed by atoms with Gasteiger partial charge in [0.2, 0.25) is 0 Å². The standard InChI is InChI=1S/C19H28O4/c1-3-4-5-6-7-8-9-14-23-19(21)13-11-16-10-12-17(20)18(15-16)22-2/h10-13,15,20H,3-9,14H2,1-2H3/b13-11+. The summed E-state index contributed by atoms with van der Waals surface area (Å²) in [7, 11) is 1.49. The number of carbonyl (C=O) groups excluding carboxylic acids is 1. The van der Waals surface area contributed by atoms with E-state index >= 15 is 0 Å². The van der Waals surface area contributed by atoms with Crippen LogP contribution in [0.1, 0.15) is 57.4 Å². The third-order valence-corrected chi connectivity index (χ3v) is 3.61. The highest BCUT2D eigenvalue weighted by Crippen LogP contribution is 2.26. The largest absolute Gasteiger partial charge is 0.504 e. The lowest BCUT2D eigenvalue weighted by Gasteiger charge is -2.04. The van der Waals surface area contributed by atoms with Crippen molar-refractivity contribution in [1.82, 2.24) is 0 Å². The average molecular weight is 320 g/mol. The molecule has 0 aliphatic carbocycles. The van der Waals surface area contributed by atoms with Gasteiger partial charge in [-0.3, -0.25) is 0 Å². The maximum absolute atomic E-state index is 11.6. The fourth-order valence-electron chi connectivity index (χ4n) is 2.24. The predicted molar refractivity (Wildman–Crippen MR) is 92.6 cm³/mol. The third kappa shape index (κ3) is 8.29. The van der Waals surface area contributed by atoms with Gasteiger partial charge in [-0.15, -0.1) is 0 Å². The Labute approximate surface area is 139 Å². The molecule has 1 aromatic rings. The minimum Gasteiger partial charge on any atom is -0.504 e. The summed E-state index contributed by atoms with van der Waals surface area (Å²) in [6.45, 7) is 2.68. The lowest BCUT2D eigenvalue weighted by Crippen LogP contribution is -2.02. The number of aromatic hydroxyl groups is 1. The Kier molecular flexibility index (Phi) is 9.60. The van der Waals surface area contributed by atoms with Crippen LogP contribution in [-0.2, 0) is 9.53 Å². The van der Waals surface area contributed by atoms with Crippen LogP contribution in [0, 0.1) is 0 Å². The number of benzene rings is 1. The summed E-state index contributed by atoms with van der Waals surface area (Å²) in [5.41, 5.74) is 0.771. The first kappa shape index (κ1) is 19.1. The molecule has 0 aliphatic rings. The van der Waals surface area contributed by atoms with Gasteiger partial charge in [-0.25, -0.2) is 4.79 Å². The van der Waals surface area contributed by atoms with Crippen molar-refractivity contribution in [2.75, 3.05) is 13.7 Å². The third-order valence-electron chi connectivity index (χ3n) is 3.61. The first-order valence-electron chi connectivity index (χ1n) is 8.39. The van der Waals surface area contributed by atoms with Gasteiger partial charge >= 0.3 is 5.97 Å². The number of phenols is 1. The Bertz CT molecular complexity index is 494. The monoisotopic (exact) mass is 320 g/mol. The molecule has 0 saturated carbocycles. The zero-order chi connectivity index (χ0) is 16.9. The minimum atomic E-state index is -0.344. The van der Waals surface area contributed by atoms with Crippen LogP contribution < -0.4 is 4.74 Å². The van der Waals surface area contributed by atoms with E-state index in [1.165, 1.54) is 51.4 Å². The van der Waals surface area contributed by atoms with Gasteiger partial charge in [-0.05, 0) is 30.2 Å². The van der Waals surface area contributed by atoms with Crippen LogP contribution in [0.15, 0.2) is 24.3 Å². The molecule has 0 fully saturated rings. The van der Waals surface area contributed by atoms with E-state index in [1.807, 2.05) is 0 Å². The number of unbranched alkanes of at least 4 members (excludes halogenated alkanes) is 6. The summed E-state index contributed by atoms with van der Waals surface area (Å²) in [5, 5.41) is 9.51. The van der Waals surface area contributed by atoms with Crippen molar-refractivity contribution in [3.63, 3.8) is 0 Å². The maximum Gasteiger partial charge on any atom is 0.330 e. The van der Waals surface area contributed by atoms with Crippen molar-refractivity contribution in [1.29, 1.82) is 0 Å². The quantitative estimate of drug-likeness (QED) is 0.364. The van der Waals surface area contributed by atoms with Crippen LogP contribution in [0.3, 0.4) is 0 Å². The molecule has 0 aromatic heterocycles. The highest BCUT2D eigenvalue weighted by molar-refractivity contribution is 5.87. The molecule has 4 nitrogen and oxygen atoms in total. The molecule has 1 aromatic carbocycles. The SMILES string of the molecule is CCCCCCCCCOC(=O)/C=C/c1ccc(O)c(OC)c1. The predicted octanol–water partition coefficient (Wildman–Crippen LogP) is 4.71. The van der Waals surface area contributed by atoms with Gasteiger partial charge in [0.1, 0.15) is 0 Å². The molecule has 128 valence electrons. The number of hydrogen-bond acceptors (Lipinski definition) is 4. The Morgan fingerprint density at radius 1 is 1.13 bits per heavy atom. The normalized spacial score (nSPS) is 10.9. The molecular weight excluding hydrogens is 292 g/mol. The summed E-state index contributed by atoms with van der Waals surface area (Å²) in [5.74, 6) is 0.109. The number of hydrogen-bond donors (Lipinski definition) is 1. The first-order valence-corrected chi connectivity index (χ1v) is 8.39. The molecule has 0 bridgehead atoms. The lowest BCUT2D eigenvalue weighted by molar-refractivity contribution is -0.137. The highest BCUT2D eigenvalue weighted by Gasteiger charge is 2.02. The second-order valence-corrected chi connectivity index (χ2v) is 5.55. The van der Waals surface area contributed by atoms with Crippen molar-refractivity contribution in [2.24, 2.45) is 0 Å². The summed E-state index contributed by atoms with van der Waals surface area (Å²) < 4.78 is 10.2. The fraction of sp³-hybridized carbons (Fsp3) is 0.526. The maximum atomic E-state index is 11.6. The molecule has 0 unspecified atom stereocenters. The van der Waals surface area contributed by atoms with Crippen LogP contribution in [0.25, 0.3) is 6.08 Å². The molecule has 0 saturated heterocycles. The van der Waals surface area contributed by atoms with E-state index in [0.717, 1.165) is 18.4 Å². The van der Waals surface area contributed by atoms with Gasteiger partial charge in [0, 0.05) is 6.08 Å². The van der Waals surface area contributed by atoms with Crippen molar-refractivity contribution in [2.45, 2.75) is 51.9 Å². The molecule has 0 aliphatic heterocycles. The van der Waals surface area contributed by atoms with E-state index in [9.17, 15) is 9.90 Å². The topological polar surface area (TPSA) is 55.8 Å². The molecule has 4 heteroatoms. The molecule has 0 radical (unpaired) electrons. The lowest BCUT2D eigenvalue weighted by atomic mass is 10.1. The van der Waals surface area contributed by atoms with Gasteiger partial charge in [0.25, 0.3) is 0 Å². The number of esters is 1. The highest BCUT2D eigenvalue weighted by atomic mass is 16.5. The first-order chi connectivity index (χ1) is 11.2.